The fraction of sp³-hybridized carbons (Fsp3) is 0.750. The maximum Gasteiger partial charge on any atom is 0.306 e. The lowest BCUT2D eigenvalue weighted by atomic mass is 10.1. The largest absolute Gasteiger partial charge is 0.462 e. The number of allylic oxidation sites excluding steroid dienone is 10. The number of esters is 3. The predicted octanol–water partition coefficient (Wildman–Crippen LogP) is 15.7. The molecule has 0 amide bonds. The van der Waals surface area contributed by atoms with E-state index < -0.39 is 6.10 Å². The second-order valence-electron chi connectivity index (χ2n) is 16.0. The van der Waals surface area contributed by atoms with Crippen LogP contribution in [-0.4, -0.2) is 37.2 Å². The second-order valence-corrected chi connectivity index (χ2v) is 16.0. The van der Waals surface area contributed by atoms with Crippen LogP contribution in [0.5, 0.6) is 0 Å². The first-order valence-electron chi connectivity index (χ1n) is 24.3. The zero-order valence-corrected chi connectivity index (χ0v) is 38.0. The van der Waals surface area contributed by atoms with Crippen molar-refractivity contribution in [2.24, 2.45) is 0 Å². The fourth-order valence-electron chi connectivity index (χ4n) is 6.60. The van der Waals surface area contributed by atoms with Crippen LogP contribution in [0.25, 0.3) is 0 Å². The number of hydrogen-bond acceptors (Lipinski definition) is 6. The van der Waals surface area contributed by atoms with Gasteiger partial charge in [0.25, 0.3) is 0 Å². The molecule has 1 unspecified atom stereocenters. The third-order valence-corrected chi connectivity index (χ3v) is 10.3. The van der Waals surface area contributed by atoms with Crippen molar-refractivity contribution in [2.75, 3.05) is 13.2 Å². The Hall–Kier alpha value is -2.89. The lowest BCUT2D eigenvalue weighted by molar-refractivity contribution is -0.167. The Labute approximate surface area is 358 Å². The van der Waals surface area contributed by atoms with Crippen molar-refractivity contribution in [3.63, 3.8) is 0 Å². The minimum Gasteiger partial charge on any atom is -0.462 e. The van der Waals surface area contributed by atoms with E-state index in [9.17, 15) is 14.4 Å². The second kappa shape index (κ2) is 46.8. The van der Waals surface area contributed by atoms with Gasteiger partial charge in [-0.1, -0.05) is 191 Å². The van der Waals surface area contributed by atoms with E-state index >= 15 is 0 Å². The van der Waals surface area contributed by atoms with Crippen LogP contribution in [-0.2, 0) is 28.6 Å². The van der Waals surface area contributed by atoms with Crippen molar-refractivity contribution in [1.29, 1.82) is 0 Å². The molecule has 0 aromatic carbocycles. The molecule has 0 N–H and O–H groups in total. The highest BCUT2D eigenvalue weighted by Gasteiger charge is 2.19. The molecule has 0 aliphatic heterocycles. The Bertz CT molecular complexity index is 1070. The molecule has 6 nitrogen and oxygen atoms in total. The van der Waals surface area contributed by atoms with Gasteiger partial charge in [0, 0.05) is 19.3 Å². The molecule has 0 spiro atoms. The molecule has 1 atom stereocenters. The number of hydrogen-bond donors (Lipinski definition) is 0. The minimum atomic E-state index is -0.788. The molecule has 0 heterocycles. The van der Waals surface area contributed by atoms with Crippen molar-refractivity contribution in [3.05, 3.63) is 60.8 Å². The number of ether oxygens (including phenoxy) is 3. The van der Waals surface area contributed by atoms with Gasteiger partial charge in [-0.3, -0.25) is 14.4 Å². The summed E-state index contributed by atoms with van der Waals surface area (Å²) in [4.78, 5) is 37.8. The molecule has 0 rings (SSSR count). The Balaban J connectivity index is 4.36. The molecule has 0 aliphatic rings. The topological polar surface area (TPSA) is 78.9 Å². The quantitative estimate of drug-likeness (QED) is 0.0264. The summed E-state index contributed by atoms with van der Waals surface area (Å²) in [5.41, 5.74) is 0. The summed E-state index contributed by atoms with van der Waals surface area (Å²) in [5, 5.41) is 0. The zero-order valence-electron chi connectivity index (χ0n) is 38.0. The maximum atomic E-state index is 12.7. The maximum absolute atomic E-state index is 12.7. The average molecular weight is 811 g/mol. The molecule has 0 aliphatic carbocycles. The van der Waals surface area contributed by atoms with Crippen molar-refractivity contribution in [2.45, 2.75) is 239 Å². The van der Waals surface area contributed by atoms with Crippen LogP contribution in [0.4, 0.5) is 0 Å². The Morgan fingerprint density at radius 1 is 0.362 bits per heavy atom. The molecule has 334 valence electrons. The van der Waals surface area contributed by atoms with Crippen molar-refractivity contribution in [1.82, 2.24) is 0 Å². The van der Waals surface area contributed by atoms with Gasteiger partial charge in [0.15, 0.2) is 6.10 Å². The summed E-state index contributed by atoms with van der Waals surface area (Å²) in [7, 11) is 0. The predicted molar refractivity (Wildman–Crippen MR) is 247 cm³/mol. The highest BCUT2D eigenvalue weighted by atomic mass is 16.6. The van der Waals surface area contributed by atoms with Crippen LogP contribution >= 0.6 is 0 Å². The summed E-state index contributed by atoms with van der Waals surface area (Å²) in [6.45, 7) is 6.45. The van der Waals surface area contributed by atoms with Gasteiger partial charge in [0.1, 0.15) is 13.2 Å². The SMILES string of the molecule is CC/C=C\C/C=C\C/C=C\CCCCCC(=O)OC(COC(=O)CCCCCCCCC/C=C\C/C=C\CCCCCC)COC(=O)CCCCCCCCCCC. The zero-order chi connectivity index (χ0) is 42.3. The van der Waals surface area contributed by atoms with Gasteiger partial charge in [0.05, 0.1) is 0 Å². The lowest BCUT2D eigenvalue weighted by Gasteiger charge is -2.18. The molecule has 0 aromatic heterocycles. The first-order valence-corrected chi connectivity index (χ1v) is 24.3. The monoisotopic (exact) mass is 811 g/mol. The van der Waals surface area contributed by atoms with E-state index in [1.807, 2.05) is 0 Å². The molecule has 6 heteroatoms. The van der Waals surface area contributed by atoms with E-state index in [0.29, 0.717) is 19.3 Å². The van der Waals surface area contributed by atoms with Crippen molar-refractivity contribution in [3.8, 4) is 0 Å². The van der Waals surface area contributed by atoms with Crippen LogP contribution in [0.2, 0.25) is 0 Å². The van der Waals surface area contributed by atoms with E-state index in [-0.39, 0.29) is 31.1 Å². The highest BCUT2D eigenvalue weighted by molar-refractivity contribution is 5.71. The summed E-state index contributed by atoms with van der Waals surface area (Å²) in [5.74, 6) is -0.928. The van der Waals surface area contributed by atoms with E-state index in [2.05, 4.69) is 81.5 Å². The molecular formula is C52H90O6. The van der Waals surface area contributed by atoms with E-state index in [1.54, 1.807) is 0 Å². The van der Waals surface area contributed by atoms with Crippen LogP contribution < -0.4 is 0 Å². The summed E-state index contributed by atoms with van der Waals surface area (Å²) in [6.07, 6.45) is 56.4. The molecule has 0 aromatic rings. The van der Waals surface area contributed by atoms with E-state index in [4.69, 9.17) is 14.2 Å². The number of rotatable bonds is 43. The Morgan fingerprint density at radius 2 is 0.672 bits per heavy atom. The lowest BCUT2D eigenvalue weighted by Crippen LogP contribution is -2.30. The van der Waals surface area contributed by atoms with Gasteiger partial charge in [-0.2, -0.15) is 0 Å². The molecule has 0 fully saturated rings. The van der Waals surface area contributed by atoms with Crippen LogP contribution in [0.1, 0.15) is 233 Å². The number of carbonyl (C=O) groups is 3. The Morgan fingerprint density at radius 3 is 1.09 bits per heavy atom. The van der Waals surface area contributed by atoms with Crippen LogP contribution in [0.3, 0.4) is 0 Å². The van der Waals surface area contributed by atoms with Gasteiger partial charge < -0.3 is 14.2 Å². The van der Waals surface area contributed by atoms with Crippen LogP contribution in [0.15, 0.2) is 60.8 Å². The van der Waals surface area contributed by atoms with E-state index in [0.717, 1.165) is 96.3 Å². The third-order valence-electron chi connectivity index (χ3n) is 10.3. The summed E-state index contributed by atoms with van der Waals surface area (Å²) >= 11 is 0. The number of unbranched alkanes of at least 4 members (excludes halogenated alkanes) is 22. The molecule has 0 bridgehead atoms. The molecule has 0 saturated heterocycles. The summed E-state index contributed by atoms with van der Waals surface area (Å²) < 4.78 is 16.7. The summed E-state index contributed by atoms with van der Waals surface area (Å²) in [6, 6.07) is 0. The molecule has 0 saturated carbocycles. The van der Waals surface area contributed by atoms with Gasteiger partial charge in [-0.15, -0.1) is 0 Å². The van der Waals surface area contributed by atoms with Gasteiger partial charge in [0.2, 0.25) is 0 Å². The standard InChI is InChI=1S/C52H90O6/c1-4-7-10-13-16-19-21-23-24-25-26-27-29-30-33-36-39-42-45-51(54)57-48-49(47-56-50(53)44-41-38-35-32-18-15-12-9-6-3)58-52(55)46-43-40-37-34-31-28-22-20-17-14-11-8-5-2/h8,11,17,19-21,24-25,28,31,49H,4-7,9-10,12-16,18,22-23,26-27,29-30,32-48H2,1-3H3/b11-8-,20-17-,21-19-,25-24-,31-28-. The highest BCUT2D eigenvalue weighted by Crippen LogP contribution is 2.14. The van der Waals surface area contributed by atoms with Crippen molar-refractivity contribution < 1.29 is 28.6 Å². The van der Waals surface area contributed by atoms with E-state index in [1.165, 1.54) is 96.3 Å². The van der Waals surface area contributed by atoms with Gasteiger partial charge in [-0.25, -0.2) is 0 Å². The van der Waals surface area contributed by atoms with Gasteiger partial charge in [-0.05, 0) is 83.5 Å². The smallest absolute Gasteiger partial charge is 0.306 e. The molecular weight excluding hydrogens is 721 g/mol. The first kappa shape index (κ1) is 55.1. The fourth-order valence-corrected chi connectivity index (χ4v) is 6.60. The van der Waals surface area contributed by atoms with Crippen LogP contribution in [0, 0.1) is 0 Å². The van der Waals surface area contributed by atoms with Crippen molar-refractivity contribution >= 4 is 17.9 Å². The molecule has 0 radical (unpaired) electrons. The number of carbonyl (C=O) groups excluding carboxylic acids is 3. The third kappa shape index (κ3) is 44.2. The Kier molecular flexibility index (Phi) is 44.5. The first-order chi connectivity index (χ1) is 28.5. The minimum absolute atomic E-state index is 0.0878. The average Bonchev–Trinajstić information content (AvgIpc) is 3.22. The van der Waals surface area contributed by atoms with Gasteiger partial charge >= 0.3 is 17.9 Å². The molecule has 58 heavy (non-hydrogen) atoms. The normalized spacial score (nSPS) is 12.5.